The average Bonchev–Trinajstić information content (AvgIpc) is 3.01. The molecule has 0 bridgehead atoms. The number of benzene rings is 2. The van der Waals surface area contributed by atoms with Gasteiger partial charge in [0.2, 0.25) is 0 Å². The minimum atomic E-state index is -0.219. The number of hydrogen-bond acceptors (Lipinski definition) is 10. The molecule has 0 unspecified atom stereocenters. The van der Waals surface area contributed by atoms with Crippen LogP contribution in [0.2, 0.25) is 0 Å². The predicted octanol–water partition coefficient (Wildman–Crippen LogP) is 3.53. The molecule has 2 aliphatic heterocycles. The molecule has 2 aliphatic rings. The molecule has 0 aliphatic carbocycles. The SMILES string of the molecule is COc1cc(NC(=O)C2=CCCN(C)C2)cc(C=N/C=C\N=Cc2cc(NC(=O)C3=CCCN(C)C3)cc(OC)c2O)c1O. The minimum absolute atomic E-state index is 0.130. The van der Waals surface area contributed by atoms with Gasteiger partial charge in [0.05, 0.1) is 14.2 Å². The van der Waals surface area contributed by atoms with Crippen molar-refractivity contribution in [3.05, 3.63) is 71.1 Å². The van der Waals surface area contributed by atoms with Crippen molar-refractivity contribution in [2.75, 3.05) is 65.1 Å². The normalized spacial score (nSPS) is 16.3. The number of nitrogens with one attached hydrogen (secondary N) is 2. The number of methoxy groups -OCH3 is 2. The summed E-state index contributed by atoms with van der Waals surface area (Å²) in [7, 11) is 6.77. The van der Waals surface area contributed by atoms with Gasteiger partial charge in [0.25, 0.3) is 11.8 Å². The summed E-state index contributed by atoms with van der Waals surface area (Å²) in [6.07, 6.45) is 11.0. The third-order valence-electron chi connectivity index (χ3n) is 7.10. The zero-order valence-electron chi connectivity index (χ0n) is 25.3. The first kappa shape index (κ1) is 32.0. The Labute approximate surface area is 256 Å². The van der Waals surface area contributed by atoms with Crippen molar-refractivity contribution in [3.63, 3.8) is 0 Å². The van der Waals surface area contributed by atoms with Gasteiger partial charge in [-0.1, -0.05) is 12.2 Å². The van der Waals surface area contributed by atoms with E-state index in [1.165, 1.54) is 39.0 Å². The number of amides is 2. The van der Waals surface area contributed by atoms with Crippen molar-refractivity contribution in [1.82, 2.24) is 9.80 Å². The summed E-state index contributed by atoms with van der Waals surface area (Å²) < 4.78 is 10.5. The van der Waals surface area contributed by atoms with E-state index >= 15 is 0 Å². The number of aliphatic imine (C=N–C) groups is 2. The van der Waals surface area contributed by atoms with E-state index in [1.54, 1.807) is 24.3 Å². The molecule has 4 rings (SSSR count). The number of phenols is 2. The standard InChI is InChI=1S/C32H38N6O6/c1-37-11-5-7-21(19-37)31(41)35-25-13-23(29(39)27(15-25)43-3)17-33-9-10-34-18-24-14-26(16-28(44-4)30(24)40)36-32(42)22-8-6-12-38(2)20-22/h7-10,13-18,39-40H,5-6,11-12,19-20H2,1-4H3,(H,35,41)(H,36,42)/b10-9-,33-17?,34-18?. The van der Waals surface area contributed by atoms with Crippen molar-refractivity contribution in [2.24, 2.45) is 9.98 Å². The molecule has 0 fully saturated rings. The second-order valence-corrected chi connectivity index (χ2v) is 10.5. The van der Waals surface area contributed by atoms with Crippen LogP contribution in [-0.2, 0) is 9.59 Å². The quantitative estimate of drug-likeness (QED) is 0.239. The summed E-state index contributed by atoms with van der Waals surface area (Å²) in [5.41, 5.74) is 2.90. The highest BCUT2D eigenvalue weighted by molar-refractivity contribution is 6.05. The van der Waals surface area contributed by atoms with Crippen molar-refractivity contribution in [1.29, 1.82) is 0 Å². The smallest absolute Gasteiger partial charge is 0.252 e. The minimum Gasteiger partial charge on any atom is -0.504 e. The van der Waals surface area contributed by atoms with Crippen molar-refractivity contribution < 1.29 is 29.3 Å². The number of phenolic OH excluding ortho intramolecular Hbond substituents is 2. The average molecular weight is 603 g/mol. The van der Waals surface area contributed by atoms with E-state index in [-0.39, 0.29) is 34.8 Å². The molecule has 0 spiro atoms. The zero-order valence-corrected chi connectivity index (χ0v) is 25.3. The summed E-state index contributed by atoms with van der Waals surface area (Å²) in [6, 6.07) is 6.27. The maximum absolute atomic E-state index is 12.8. The van der Waals surface area contributed by atoms with Crippen LogP contribution >= 0.6 is 0 Å². The number of carbonyl (C=O) groups excluding carboxylic acids is 2. The highest BCUT2D eigenvalue weighted by Gasteiger charge is 2.19. The van der Waals surface area contributed by atoms with Crippen molar-refractivity contribution >= 4 is 35.6 Å². The molecule has 0 aromatic heterocycles. The lowest BCUT2D eigenvalue weighted by molar-refractivity contribution is -0.114. The third kappa shape index (κ3) is 8.33. The second kappa shape index (κ2) is 15.0. The summed E-state index contributed by atoms with van der Waals surface area (Å²) in [5, 5.41) is 26.9. The first-order chi connectivity index (χ1) is 21.2. The molecule has 12 nitrogen and oxygen atoms in total. The molecule has 2 aromatic rings. The molecule has 0 saturated heterocycles. The first-order valence-electron chi connectivity index (χ1n) is 14.1. The second-order valence-electron chi connectivity index (χ2n) is 10.5. The Morgan fingerprint density at radius 1 is 0.750 bits per heavy atom. The number of carbonyl (C=O) groups is 2. The fraction of sp³-hybridized carbons (Fsp3) is 0.312. The largest absolute Gasteiger partial charge is 0.504 e. The summed E-state index contributed by atoms with van der Waals surface area (Å²) in [6.45, 7) is 2.91. The highest BCUT2D eigenvalue weighted by Crippen LogP contribution is 2.34. The van der Waals surface area contributed by atoms with Crippen molar-refractivity contribution in [2.45, 2.75) is 12.8 Å². The van der Waals surface area contributed by atoms with E-state index in [4.69, 9.17) is 9.47 Å². The molecule has 2 aromatic carbocycles. The Morgan fingerprint density at radius 2 is 1.16 bits per heavy atom. The van der Waals surface area contributed by atoms with Crippen LogP contribution in [0, 0.1) is 0 Å². The molecule has 0 saturated carbocycles. The van der Waals surface area contributed by atoms with Gasteiger partial charge in [-0.3, -0.25) is 19.6 Å². The Kier molecular flexibility index (Phi) is 10.9. The number of rotatable bonds is 10. The van der Waals surface area contributed by atoms with Gasteiger partial charge < -0.3 is 40.1 Å². The Balaban J connectivity index is 1.45. The van der Waals surface area contributed by atoms with E-state index in [0.717, 1.165) is 25.9 Å². The zero-order chi connectivity index (χ0) is 31.6. The van der Waals surface area contributed by atoms with Gasteiger partial charge in [-0.25, -0.2) is 0 Å². The predicted molar refractivity (Wildman–Crippen MR) is 171 cm³/mol. The van der Waals surface area contributed by atoms with Crippen LogP contribution < -0.4 is 20.1 Å². The fourth-order valence-corrected chi connectivity index (χ4v) is 4.77. The lowest BCUT2D eigenvalue weighted by Gasteiger charge is -2.22. The lowest BCUT2D eigenvalue weighted by atomic mass is 10.1. The number of aromatic hydroxyl groups is 2. The molecule has 2 heterocycles. The molecule has 12 heteroatoms. The number of ether oxygens (including phenoxy) is 2. The summed E-state index contributed by atoms with van der Waals surface area (Å²) in [4.78, 5) is 38.0. The molecule has 0 atom stereocenters. The van der Waals surface area contributed by atoms with Crippen LogP contribution in [0.5, 0.6) is 23.0 Å². The molecule has 0 radical (unpaired) electrons. The summed E-state index contributed by atoms with van der Waals surface area (Å²) in [5.74, 6) is -0.329. The topological polar surface area (TPSA) is 148 Å². The van der Waals surface area contributed by atoms with Gasteiger partial charge in [0.1, 0.15) is 0 Å². The molecular weight excluding hydrogens is 564 g/mol. The van der Waals surface area contributed by atoms with E-state index in [2.05, 4.69) is 30.4 Å². The van der Waals surface area contributed by atoms with Crippen LogP contribution in [-0.4, -0.2) is 98.8 Å². The lowest BCUT2D eigenvalue weighted by Crippen LogP contribution is -2.30. The van der Waals surface area contributed by atoms with Crippen LogP contribution in [0.1, 0.15) is 24.0 Å². The van der Waals surface area contributed by atoms with Crippen LogP contribution in [0.3, 0.4) is 0 Å². The number of anilines is 2. The maximum Gasteiger partial charge on any atom is 0.252 e. The highest BCUT2D eigenvalue weighted by atomic mass is 16.5. The summed E-state index contributed by atoms with van der Waals surface area (Å²) >= 11 is 0. The van der Waals surface area contributed by atoms with Gasteiger partial charge in [0, 0.05) is 96.8 Å². The Bertz CT molecular complexity index is 1430. The van der Waals surface area contributed by atoms with Crippen LogP contribution in [0.15, 0.2) is 69.9 Å². The van der Waals surface area contributed by atoms with Gasteiger partial charge in [0.15, 0.2) is 23.0 Å². The third-order valence-corrected chi connectivity index (χ3v) is 7.10. The van der Waals surface area contributed by atoms with E-state index < -0.39 is 0 Å². The molecule has 44 heavy (non-hydrogen) atoms. The fourth-order valence-electron chi connectivity index (χ4n) is 4.77. The first-order valence-corrected chi connectivity index (χ1v) is 14.1. The van der Waals surface area contributed by atoms with Crippen molar-refractivity contribution in [3.8, 4) is 23.0 Å². The number of hydrogen-bond donors (Lipinski definition) is 4. The van der Waals surface area contributed by atoms with E-state index in [0.29, 0.717) is 46.7 Å². The van der Waals surface area contributed by atoms with Crippen LogP contribution in [0.25, 0.3) is 0 Å². The van der Waals surface area contributed by atoms with Gasteiger partial charge in [-0.05, 0) is 39.1 Å². The monoisotopic (exact) mass is 602 g/mol. The maximum atomic E-state index is 12.8. The number of nitrogens with zero attached hydrogens (tertiary/aromatic N) is 4. The molecule has 232 valence electrons. The Morgan fingerprint density at radius 3 is 1.52 bits per heavy atom. The van der Waals surface area contributed by atoms with E-state index in [1.807, 2.05) is 26.2 Å². The molecule has 2 amide bonds. The molecular formula is C32H38N6O6. The van der Waals surface area contributed by atoms with E-state index in [9.17, 15) is 19.8 Å². The Hall–Kier alpha value is -4.94. The van der Waals surface area contributed by atoms with Gasteiger partial charge >= 0.3 is 0 Å². The molecule has 4 N–H and O–H groups in total. The van der Waals surface area contributed by atoms with Crippen LogP contribution in [0.4, 0.5) is 11.4 Å². The van der Waals surface area contributed by atoms with Gasteiger partial charge in [-0.2, -0.15) is 0 Å². The van der Waals surface area contributed by atoms with Gasteiger partial charge in [-0.15, -0.1) is 0 Å². The number of likely N-dealkylation sites (N-methyl/N-ethyl adjacent to an activating group) is 2.